The van der Waals surface area contributed by atoms with Gasteiger partial charge in [0.15, 0.2) is 5.82 Å². The quantitative estimate of drug-likeness (QED) is 0.623. The van der Waals surface area contributed by atoms with E-state index in [9.17, 15) is 8.78 Å². The minimum absolute atomic E-state index is 0.427. The fraction of sp³-hybridized carbons (Fsp3) is 0.444. The summed E-state index contributed by atoms with van der Waals surface area (Å²) in [7, 11) is 0. The molecule has 0 saturated carbocycles. The van der Waals surface area contributed by atoms with Gasteiger partial charge in [-0.15, -0.1) is 0 Å². The molecule has 0 aliphatic carbocycles. The predicted molar refractivity (Wildman–Crippen MR) is 42.7 cm³/mol. The number of pyridine rings is 1. The maximum absolute atomic E-state index is 12.6. The van der Waals surface area contributed by atoms with Crippen LogP contribution in [0.5, 0.6) is 0 Å². The van der Waals surface area contributed by atoms with Crippen molar-refractivity contribution in [3.8, 4) is 0 Å². The highest BCUT2D eigenvalue weighted by molar-refractivity contribution is 5.11. The van der Waals surface area contributed by atoms with E-state index in [4.69, 9.17) is 0 Å². The van der Waals surface area contributed by atoms with Crippen LogP contribution in [0.2, 0.25) is 0 Å². The molecule has 1 rings (SSSR count). The number of nitrogens with zero attached hydrogens (tertiary/aromatic N) is 1. The Bertz CT molecular complexity index is 271. The molecule has 12 heavy (non-hydrogen) atoms. The van der Waals surface area contributed by atoms with E-state index in [1.54, 1.807) is 0 Å². The summed E-state index contributed by atoms with van der Waals surface area (Å²) in [6, 6.07) is 1.20. The Labute approximate surface area is 70.4 Å². The summed E-state index contributed by atoms with van der Waals surface area (Å²) in [6.45, 7) is 4.03. The average Bonchev–Trinajstić information content (AvgIpc) is 1.96. The lowest BCUT2D eigenvalue weighted by molar-refractivity contribution is 0.475. The highest BCUT2D eigenvalue weighted by atomic mass is 19.2. The van der Waals surface area contributed by atoms with Crippen LogP contribution in [-0.4, -0.2) is 4.98 Å². The number of rotatable bonds is 2. The van der Waals surface area contributed by atoms with Crippen LogP contribution in [0.25, 0.3) is 0 Å². The molecule has 0 aromatic carbocycles. The second kappa shape index (κ2) is 3.61. The molecule has 1 heterocycles. The zero-order valence-corrected chi connectivity index (χ0v) is 7.14. The molecule has 1 aromatic heterocycles. The third-order valence-corrected chi connectivity index (χ3v) is 1.50. The van der Waals surface area contributed by atoms with E-state index >= 15 is 0 Å². The Morgan fingerprint density at radius 3 is 2.58 bits per heavy atom. The topological polar surface area (TPSA) is 12.9 Å². The van der Waals surface area contributed by atoms with Crippen molar-refractivity contribution in [2.75, 3.05) is 0 Å². The molecular formula is C9H11F2N. The van der Waals surface area contributed by atoms with Gasteiger partial charge < -0.3 is 0 Å². The van der Waals surface area contributed by atoms with Crippen molar-refractivity contribution in [1.82, 2.24) is 4.98 Å². The molecule has 0 aliphatic rings. The minimum Gasteiger partial charge on any atom is -0.225 e. The monoisotopic (exact) mass is 171 g/mol. The van der Waals surface area contributed by atoms with Crippen LogP contribution in [-0.2, 0) is 6.42 Å². The molecule has 1 aromatic rings. The van der Waals surface area contributed by atoms with Crippen molar-refractivity contribution < 1.29 is 8.78 Å². The molecule has 3 heteroatoms. The second-order valence-electron chi connectivity index (χ2n) is 3.21. The van der Waals surface area contributed by atoms with Crippen molar-refractivity contribution in [3.63, 3.8) is 0 Å². The van der Waals surface area contributed by atoms with Gasteiger partial charge in [-0.25, -0.2) is 9.37 Å². The maximum atomic E-state index is 12.6. The van der Waals surface area contributed by atoms with Gasteiger partial charge in [0.05, 0.1) is 0 Å². The van der Waals surface area contributed by atoms with Crippen molar-refractivity contribution in [1.29, 1.82) is 0 Å². The number of hydrogen-bond donors (Lipinski definition) is 0. The summed E-state index contributed by atoms with van der Waals surface area (Å²) in [5.74, 6) is -1.47. The third kappa shape index (κ3) is 2.26. The van der Waals surface area contributed by atoms with Crippen LogP contribution in [0.4, 0.5) is 8.78 Å². The summed E-state index contributed by atoms with van der Waals surface area (Å²) in [5.41, 5.74) is 0.740. The smallest absolute Gasteiger partial charge is 0.225 e. The minimum atomic E-state index is -1.03. The molecule has 0 saturated heterocycles. The van der Waals surface area contributed by atoms with Crippen LogP contribution in [0.3, 0.4) is 0 Å². The summed E-state index contributed by atoms with van der Waals surface area (Å²) in [4.78, 5) is 3.29. The van der Waals surface area contributed by atoms with Gasteiger partial charge in [-0.1, -0.05) is 13.8 Å². The largest absolute Gasteiger partial charge is 0.248 e. The molecule has 1 nitrogen and oxygen atoms in total. The van der Waals surface area contributed by atoms with Crippen LogP contribution < -0.4 is 0 Å². The van der Waals surface area contributed by atoms with Gasteiger partial charge in [-0.3, -0.25) is 0 Å². The lowest BCUT2D eigenvalue weighted by Gasteiger charge is -2.03. The maximum Gasteiger partial charge on any atom is 0.248 e. The van der Waals surface area contributed by atoms with Crippen LogP contribution in [0.1, 0.15) is 19.4 Å². The van der Waals surface area contributed by atoms with Gasteiger partial charge in [-0.05, 0) is 24.0 Å². The summed E-state index contributed by atoms with van der Waals surface area (Å²) in [5, 5.41) is 0. The summed E-state index contributed by atoms with van der Waals surface area (Å²) < 4.78 is 24.9. The number of aromatic nitrogens is 1. The van der Waals surface area contributed by atoms with Crippen LogP contribution in [0.15, 0.2) is 12.3 Å². The molecule has 0 amide bonds. The number of halogens is 2. The Morgan fingerprint density at radius 2 is 2.08 bits per heavy atom. The van der Waals surface area contributed by atoms with E-state index in [-0.39, 0.29) is 0 Å². The molecule has 0 aliphatic heterocycles. The summed E-state index contributed by atoms with van der Waals surface area (Å²) >= 11 is 0. The van der Waals surface area contributed by atoms with Crippen molar-refractivity contribution >= 4 is 0 Å². The van der Waals surface area contributed by atoms with Crippen molar-refractivity contribution in [3.05, 3.63) is 29.6 Å². The van der Waals surface area contributed by atoms with Gasteiger partial charge in [0, 0.05) is 6.20 Å². The molecule has 0 fully saturated rings. The van der Waals surface area contributed by atoms with Crippen molar-refractivity contribution in [2.24, 2.45) is 5.92 Å². The Hall–Kier alpha value is -0.990. The first-order chi connectivity index (χ1) is 5.59. The van der Waals surface area contributed by atoms with E-state index in [0.29, 0.717) is 5.92 Å². The zero-order valence-electron chi connectivity index (χ0n) is 7.14. The van der Waals surface area contributed by atoms with Gasteiger partial charge in [-0.2, -0.15) is 4.39 Å². The Morgan fingerprint density at radius 1 is 1.42 bits per heavy atom. The molecule has 0 unspecified atom stereocenters. The third-order valence-electron chi connectivity index (χ3n) is 1.50. The van der Waals surface area contributed by atoms with E-state index in [1.165, 1.54) is 12.3 Å². The molecule has 0 spiro atoms. The average molecular weight is 171 g/mol. The van der Waals surface area contributed by atoms with E-state index in [1.807, 2.05) is 13.8 Å². The van der Waals surface area contributed by atoms with Gasteiger partial charge in [0.2, 0.25) is 5.95 Å². The fourth-order valence-corrected chi connectivity index (χ4v) is 1.04. The molecule has 66 valence electrons. The van der Waals surface area contributed by atoms with E-state index in [2.05, 4.69) is 4.98 Å². The highest BCUT2D eigenvalue weighted by Crippen LogP contribution is 2.09. The molecule has 0 atom stereocenters. The Kier molecular flexibility index (Phi) is 2.74. The molecule has 0 N–H and O–H groups in total. The molecule has 0 bridgehead atoms. The van der Waals surface area contributed by atoms with Gasteiger partial charge in [0.25, 0.3) is 0 Å². The highest BCUT2D eigenvalue weighted by Gasteiger charge is 2.04. The van der Waals surface area contributed by atoms with Crippen LogP contribution >= 0.6 is 0 Å². The van der Waals surface area contributed by atoms with Gasteiger partial charge >= 0.3 is 0 Å². The zero-order chi connectivity index (χ0) is 9.14. The molecule has 0 radical (unpaired) electrons. The first kappa shape index (κ1) is 9.10. The standard InChI is InChI=1S/C9H11F2N/c1-6(2)3-7-4-8(10)9(11)12-5-7/h4-6H,3H2,1-2H3. The summed E-state index contributed by atoms with van der Waals surface area (Å²) in [6.07, 6.45) is 2.10. The normalized spacial score (nSPS) is 10.8. The van der Waals surface area contributed by atoms with E-state index in [0.717, 1.165) is 12.0 Å². The van der Waals surface area contributed by atoms with E-state index < -0.39 is 11.8 Å². The number of hydrogen-bond acceptors (Lipinski definition) is 1. The lowest BCUT2D eigenvalue weighted by atomic mass is 10.1. The predicted octanol–water partition coefficient (Wildman–Crippen LogP) is 2.56. The van der Waals surface area contributed by atoms with Crippen molar-refractivity contribution in [2.45, 2.75) is 20.3 Å². The van der Waals surface area contributed by atoms with Crippen LogP contribution in [0, 0.1) is 17.7 Å². The first-order valence-corrected chi connectivity index (χ1v) is 3.89. The van der Waals surface area contributed by atoms with Gasteiger partial charge in [0.1, 0.15) is 0 Å². The SMILES string of the molecule is CC(C)Cc1cnc(F)c(F)c1. The fourth-order valence-electron chi connectivity index (χ4n) is 1.04. The molecular weight excluding hydrogens is 160 g/mol. The first-order valence-electron chi connectivity index (χ1n) is 3.89. The second-order valence-corrected chi connectivity index (χ2v) is 3.21. The lowest BCUT2D eigenvalue weighted by Crippen LogP contribution is -1.98. The Balaban J connectivity index is 2.82.